The van der Waals surface area contributed by atoms with Gasteiger partial charge in [0, 0.05) is 30.1 Å². The zero-order chi connectivity index (χ0) is 21.4. The van der Waals surface area contributed by atoms with Gasteiger partial charge in [0.2, 0.25) is 12.3 Å². The molecule has 0 spiro atoms. The van der Waals surface area contributed by atoms with E-state index < -0.39 is 6.35 Å². The van der Waals surface area contributed by atoms with E-state index in [-0.39, 0.29) is 0 Å². The summed E-state index contributed by atoms with van der Waals surface area (Å²) in [4.78, 5) is 12.9. The Morgan fingerprint density at radius 2 is 2.03 bits per heavy atom. The lowest BCUT2D eigenvalue weighted by atomic mass is 10.1. The van der Waals surface area contributed by atoms with E-state index in [1.807, 2.05) is 71.3 Å². The van der Waals surface area contributed by atoms with Gasteiger partial charge in [0.05, 0.1) is 17.3 Å². The average molecular weight is 436 g/mol. The standard InChI is InChI=1S/C23H22ClN5O2/c1-15-6-4-9-19(24)20(15)29-14-16-13-25-22-26-17-7-5-8-18(12-17)31-11-3-2-10-28(23(29)30)21(16)27-22/h2-9,12-13,23,30H,10-11,14H2,1H3,(H,25,26,27)/b3-2+. The number of para-hydroxylation sites is 1. The molecule has 0 saturated heterocycles. The first-order valence-electron chi connectivity index (χ1n) is 10.1. The molecule has 2 aliphatic heterocycles. The van der Waals surface area contributed by atoms with Crippen LogP contribution >= 0.6 is 11.6 Å². The molecular formula is C23H22ClN5O2. The number of nitrogens with one attached hydrogen (secondary N) is 1. The van der Waals surface area contributed by atoms with Gasteiger partial charge in [-0.1, -0.05) is 35.9 Å². The molecule has 3 aromatic rings. The van der Waals surface area contributed by atoms with Gasteiger partial charge in [0.25, 0.3) is 0 Å². The number of rotatable bonds is 1. The van der Waals surface area contributed by atoms with Crippen LogP contribution in [0, 0.1) is 6.92 Å². The number of hydrogen-bond donors (Lipinski definition) is 2. The quantitative estimate of drug-likeness (QED) is 0.554. The van der Waals surface area contributed by atoms with Gasteiger partial charge in [-0.3, -0.25) is 0 Å². The summed E-state index contributed by atoms with van der Waals surface area (Å²) in [5.41, 5.74) is 3.53. The Kier molecular flexibility index (Phi) is 5.13. The predicted molar refractivity (Wildman–Crippen MR) is 122 cm³/mol. The summed E-state index contributed by atoms with van der Waals surface area (Å²) in [5.74, 6) is 1.90. The van der Waals surface area contributed by atoms with E-state index in [4.69, 9.17) is 21.3 Å². The fraction of sp³-hybridized carbons (Fsp3) is 0.217. The third-order valence-corrected chi connectivity index (χ3v) is 5.70. The Labute approximate surface area is 185 Å². The number of aromatic nitrogens is 2. The van der Waals surface area contributed by atoms with Crippen molar-refractivity contribution in [1.82, 2.24) is 9.97 Å². The highest BCUT2D eigenvalue weighted by Gasteiger charge is 2.34. The molecule has 31 heavy (non-hydrogen) atoms. The first-order chi connectivity index (χ1) is 15.1. The van der Waals surface area contributed by atoms with E-state index >= 15 is 0 Å². The lowest BCUT2D eigenvalue weighted by molar-refractivity contribution is 0.157. The fourth-order valence-corrected chi connectivity index (χ4v) is 4.25. The van der Waals surface area contributed by atoms with Gasteiger partial charge in [-0.05, 0) is 36.8 Å². The smallest absolute Gasteiger partial charge is 0.229 e. The molecule has 3 heterocycles. The Morgan fingerprint density at radius 3 is 2.90 bits per heavy atom. The fourth-order valence-electron chi connectivity index (χ4n) is 3.92. The number of aryl methyl sites for hydroxylation is 1. The third-order valence-electron chi connectivity index (χ3n) is 5.39. The van der Waals surface area contributed by atoms with Crippen LogP contribution in [0.2, 0.25) is 5.02 Å². The van der Waals surface area contributed by atoms with Crippen molar-refractivity contribution in [3.8, 4) is 5.75 Å². The molecule has 158 valence electrons. The van der Waals surface area contributed by atoms with Gasteiger partial charge in [-0.15, -0.1) is 0 Å². The number of hydrogen-bond acceptors (Lipinski definition) is 7. The van der Waals surface area contributed by atoms with Crippen LogP contribution in [0.25, 0.3) is 0 Å². The maximum Gasteiger partial charge on any atom is 0.229 e. The number of ether oxygens (including phenoxy) is 1. The predicted octanol–water partition coefficient (Wildman–Crippen LogP) is 4.23. The SMILES string of the molecule is Cc1cccc(Cl)c1N1Cc2cnc3nc2N(C/C=C/COc2cccc(c2)N3)C1O. The van der Waals surface area contributed by atoms with Crippen LogP contribution in [0.15, 0.2) is 60.8 Å². The molecule has 0 amide bonds. The van der Waals surface area contributed by atoms with E-state index in [0.29, 0.717) is 36.5 Å². The number of halogens is 1. The van der Waals surface area contributed by atoms with Crippen LogP contribution in [0.3, 0.4) is 0 Å². The van der Waals surface area contributed by atoms with E-state index in [0.717, 1.165) is 28.3 Å². The molecule has 7 nitrogen and oxygen atoms in total. The molecule has 1 aromatic heterocycles. The highest BCUT2D eigenvalue weighted by molar-refractivity contribution is 6.33. The van der Waals surface area contributed by atoms with Crippen molar-refractivity contribution in [1.29, 1.82) is 0 Å². The van der Waals surface area contributed by atoms with Crippen LogP contribution in [-0.2, 0) is 6.54 Å². The van der Waals surface area contributed by atoms with Gasteiger partial charge < -0.3 is 25.0 Å². The normalized spacial score (nSPS) is 18.7. The molecule has 2 N–H and O–H groups in total. The molecule has 0 aliphatic carbocycles. The van der Waals surface area contributed by atoms with Crippen LogP contribution in [0.1, 0.15) is 11.1 Å². The first-order valence-corrected chi connectivity index (χ1v) is 10.5. The van der Waals surface area contributed by atoms with Crippen LogP contribution in [-0.4, -0.2) is 34.6 Å². The number of fused-ring (bicyclic) bond motifs is 3. The number of aliphatic hydroxyl groups excluding tert-OH is 1. The number of nitrogens with zero attached hydrogens (tertiary/aromatic N) is 4. The van der Waals surface area contributed by atoms with E-state index in [9.17, 15) is 5.11 Å². The monoisotopic (exact) mass is 435 g/mol. The summed E-state index contributed by atoms with van der Waals surface area (Å²) in [5, 5.41) is 15.2. The van der Waals surface area contributed by atoms with Gasteiger partial charge >= 0.3 is 0 Å². The minimum atomic E-state index is -0.939. The van der Waals surface area contributed by atoms with Crippen molar-refractivity contribution in [3.05, 3.63) is 77.0 Å². The zero-order valence-corrected chi connectivity index (χ0v) is 17.8. The van der Waals surface area contributed by atoms with Crippen LogP contribution in [0.5, 0.6) is 5.75 Å². The molecule has 1 atom stereocenters. The number of aliphatic hydroxyl groups is 1. The van der Waals surface area contributed by atoms with Crippen molar-refractivity contribution >= 4 is 34.7 Å². The second-order valence-corrected chi connectivity index (χ2v) is 7.92. The molecule has 2 aromatic carbocycles. The van der Waals surface area contributed by atoms with Crippen molar-refractivity contribution < 1.29 is 9.84 Å². The Morgan fingerprint density at radius 1 is 1.16 bits per heavy atom. The Hall–Kier alpha value is -3.29. The lowest BCUT2D eigenvalue weighted by Crippen LogP contribution is -2.53. The molecule has 5 rings (SSSR count). The minimum Gasteiger partial charge on any atom is -0.489 e. The second-order valence-electron chi connectivity index (χ2n) is 7.51. The summed E-state index contributed by atoms with van der Waals surface area (Å²) in [6, 6.07) is 13.4. The summed E-state index contributed by atoms with van der Waals surface area (Å²) in [6.07, 6.45) is 4.76. The van der Waals surface area contributed by atoms with Gasteiger partial charge in [-0.25, -0.2) is 4.98 Å². The zero-order valence-electron chi connectivity index (χ0n) is 17.0. The molecule has 2 aliphatic rings. The van der Waals surface area contributed by atoms with Gasteiger partial charge in [-0.2, -0.15) is 4.98 Å². The summed E-state index contributed by atoms with van der Waals surface area (Å²) in [7, 11) is 0. The highest BCUT2D eigenvalue weighted by Crippen LogP contribution is 2.37. The minimum absolute atomic E-state index is 0.427. The summed E-state index contributed by atoms with van der Waals surface area (Å²) < 4.78 is 5.80. The summed E-state index contributed by atoms with van der Waals surface area (Å²) >= 11 is 6.51. The van der Waals surface area contributed by atoms with Crippen molar-refractivity contribution in [2.75, 3.05) is 28.3 Å². The number of anilines is 4. The molecule has 0 fully saturated rings. The largest absolute Gasteiger partial charge is 0.489 e. The van der Waals surface area contributed by atoms with Gasteiger partial charge in [0.1, 0.15) is 18.2 Å². The molecule has 4 bridgehead atoms. The molecule has 1 unspecified atom stereocenters. The second kappa shape index (κ2) is 8.09. The highest BCUT2D eigenvalue weighted by atomic mass is 35.5. The molecule has 8 heteroatoms. The van der Waals surface area contributed by atoms with E-state index in [2.05, 4.69) is 10.3 Å². The molecule has 0 saturated carbocycles. The number of benzene rings is 2. The topological polar surface area (TPSA) is 73.8 Å². The van der Waals surface area contributed by atoms with Crippen molar-refractivity contribution in [2.24, 2.45) is 0 Å². The van der Waals surface area contributed by atoms with Crippen molar-refractivity contribution in [2.45, 2.75) is 19.8 Å². The Bertz CT molecular complexity index is 1130. The van der Waals surface area contributed by atoms with E-state index in [1.165, 1.54) is 0 Å². The summed E-state index contributed by atoms with van der Waals surface area (Å²) in [6.45, 7) is 3.31. The van der Waals surface area contributed by atoms with Crippen molar-refractivity contribution in [3.63, 3.8) is 0 Å². The maximum absolute atomic E-state index is 11.3. The molecular weight excluding hydrogens is 414 g/mol. The molecule has 0 radical (unpaired) electrons. The first kappa shape index (κ1) is 19.7. The van der Waals surface area contributed by atoms with Crippen LogP contribution in [0.4, 0.5) is 23.1 Å². The third kappa shape index (κ3) is 3.78. The van der Waals surface area contributed by atoms with Crippen LogP contribution < -0.4 is 19.9 Å². The maximum atomic E-state index is 11.3. The lowest BCUT2D eigenvalue weighted by Gasteiger charge is -2.43. The van der Waals surface area contributed by atoms with Gasteiger partial charge in [0.15, 0.2) is 0 Å². The average Bonchev–Trinajstić information content (AvgIpc) is 2.76. The van der Waals surface area contributed by atoms with E-state index in [1.54, 1.807) is 6.20 Å². The Balaban J connectivity index is 1.58.